The largest absolute Gasteiger partial charge is 0.378 e. The first kappa shape index (κ1) is 16.7. The van der Waals surface area contributed by atoms with Gasteiger partial charge in [0.05, 0.1) is 18.8 Å². The highest BCUT2D eigenvalue weighted by Crippen LogP contribution is 2.49. The lowest BCUT2D eigenvalue weighted by Crippen LogP contribution is -2.75. The van der Waals surface area contributed by atoms with E-state index in [2.05, 4.69) is 5.32 Å². The summed E-state index contributed by atoms with van der Waals surface area (Å²) in [6.45, 7) is 7.73. The molecule has 0 aromatic heterocycles. The van der Waals surface area contributed by atoms with Crippen molar-refractivity contribution in [3.8, 4) is 0 Å². The van der Waals surface area contributed by atoms with E-state index in [0.29, 0.717) is 32.3 Å². The van der Waals surface area contributed by atoms with E-state index in [1.54, 1.807) is 0 Å². The molecule has 2 fully saturated rings. The molecule has 5 nitrogen and oxygen atoms in total. The van der Waals surface area contributed by atoms with E-state index in [1.807, 2.05) is 20.8 Å². The lowest BCUT2D eigenvalue weighted by Gasteiger charge is -2.57. The molecule has 0 spiro atoms. The van der Waals surface area contributed by atoms with Crippen molar-refractivity contribution in [2.45, 2.75) is 70.6 Å². The van der Waals surface area contributed by atoms with Gasteiger partial charge in [-0.3, -0.25) is 4.79 Å². The normalized spacial score (nSPS) is 31.9. The van der Waals surface area contributed by atoms with Crippen molar-refractivity contribution >= 4 is 5.91 Å². The Kier molecular flexibility index (Phi) is 5.28. The Bertz CT molecular complexity index is 367. The Morgan fingerprint density at radius 3 is 2.52 bits per heavy atom. The Labute approximate surface area is 127 Å². The molecule has 2 aliphatic carbocycles. The molecular formula is C16H30N2O3. The average molecular weight is 298 g/mol. The van der Waals surface area contributed by atoms with Gasteiger partial charge in [0.25, 0.3) is 0 Å². The van der Waals surface area contributed by atoms with Gasteiger partial charge in [0.2, 0.25) is 5.91 Å². The number of carbonyl (C=O) groups is 1. The van der Waals surface area contributed by atoms with Crippen molar-refractivity contribution in [2.24, 2.45) is 11.1 Å². The Morgan fingerprint density at radius 2 is 1.95 bits per heavy atom. The minimum Gasteiger partial charge on any atom is -0.378 e. The van der Waals surface area contributed by atoms with Gasteiger partial charge in [0.15, 0.2) is 0 Å². The molecule has 2 aliphatic rings. The van der Waals surface area contributed by atoms with Crippen molar-refractivity contribution in [3.63, 3.8) is 0 Å². The molecule has 1 amide bonds. The monoisotopic (exact) mass is 298 g/mol. The van der Waals surface area contributed by atoms with Crippen molar-refractivity contribution in [3.05, 3.63) is 0 Å². The summed E-state index contributed by atoms with van der Waals surface area (Å²) in [5, 5.41) is 2.92. The zero-order valence-corrected chi connectivity index (χ0v) is 13.6. The first-order valence-corrected chi connectivity index (χ1v) is 8.22. The third-order valence-electron chi connectivity index (χ3n) is 5.28. The minimum absolute atomic E-state index is 0.0630. The van der Waals surface area contributed by atoms with Gasteiger partial charge in [-0.1, -0.05) is 26.7 Å². The summed E-state index contributed by atoms with van der Waals surface area (Å²) >= 11 is 0. The summed E-state index contributed by atoms with van der Waals surface area (Å²) in [4.78, 5) is 12.4. The Hall–Kier alpha value is -0.650. The van der Waals surface area contributed by atoms with Crippen molar-refractivity contribution in [1.29, 1.82) is 0 Å². The standard InChI is InChI=1S/C16H30N2O3/c1-4-20-13-11-16(17,15(13,2)3)14(19)18-9-10-21-12-7-5-6-8-12/h12-13H,4-11,17H2,1-3H3,(H,18,19). The number of rotatable bonds is 7. The predicted molar refractivity (Wildman–Crippen MR) is 81.9 cm³/mol. The SMILES string of the molecule is CCOC1CC(N)(C(=O)NCCOC2CCCC2)C1(C)C. The second-order valence-corrected chi connectivity index (χ2v) is 6.87. The number of carbonyl (C=O) groups excluding carboxylic acids is 1. The van der Waals surface area contributed by atoms with Gasteiger partial charge in [-0.05, 0) is 19.8 Å². The highest BCUT2D eigenvalue weighted by molar-refractivity contribution is 5.88. The summed E-state index contributed by atoms with van der Waals surface area (Å²) in [7, 11) is 0. The van der Waals surface area contributed by atoms with Crippen LogP contribution < -0.4 is 11.1 Å². The Balaban J connectivity index is 1.72. The van der Waals surface area contributed by atoms with Crippen LogP contribution in [-0.4, -0.2) is 43.4 Å². The third kappa shape index (κ3) is 3.25. The van der Waals surface area contributed by atoms with Gasteiger partial charge in [-0.2, -0.15) is 0 Å². The summed E-state index contributed by atoms with van der Waals surface area (Å²) in [5.74, 6) is -0.0847. The van der Waals surface area contributed by atoms with E-state index in [0.717, 1.165) is 12.8 Å². The maximum atomic E-state index is 12.4. The van der Waals surface area contributed by atoms with Gasteiger partial charge in [0, 0.05) is 25.0 Å². The van der Waals surface area contributed by atoms with E-state index < -0.39 is 5.54 Å². The first-order chi connectivity index (χ1) is 9.91. The summed E-state index contributed by atoms with van der Waals surface area (Å²) in [6.07, 6.45) is 5.86. The predicted octanol–water partition coefficient (Wildman–Crippen LogP) is 1.59. The second-order valence-electron chi connectivity index (χ2n) is 6.87. The van der Waals surface area contributed by atoms with Crippen LogP contribution in [0.4, 0.5) is 0 Å². The molecule has 2 atom stereocenters. The smallest absolute Gasteiger partial charge is 0.240 e. The number of amides is 1. The van der Waals surface area contributed by atoms with E-state index in [9.17, 15) is 4.79 Å². The van der Waals surface area contributed by atoms with Crippen LogP contribution in [0.15, 0.2) is 0 Å². The topological polar surface area (TPSA) is 73.6 Å². The second kappa shape index (κ2) is 6.63. The molecule has 2 saturated carbocycles. The fourth-order valence-electron chi connectivity index (χ4n) is 3.42. The van der Waals surface area contributed by atoms with Crippen molar-refractivity contribution in [2.75, 3.05) is 19.8 Å². The molecule has 0 aromatic carbocycles. The van der Waals surface area contributed by atoms with E-state index >= 15 is 0 Å². The van der Waals surface area contributed by atoms with Crippen LogP contribution in [0.2, 0.25) is 0 Å². The molecule has 5 heteroatoms. The van der Waals surface area contributed by atoms with Gasteiger partial charge < -0.3 is 20.5 Å². The molecule has 0 radical (unpaired) electrons. The quantitative estimate of drug-likeness (QED) is 0.700. The van der Waals surface area contributed by atoms with Crippen LogP contribution in [0.1, 0.15) is 52.9 Å². The molecular weight excluding hydrogens is 268 g/mol. The van der Waals surface area contributed by atoms with Gasteiger partial charge in [-0.15, -0.1) is 0 Å². The third-order valence-corrected chi connectivity index (χ3v) is 5.28. The number of hydrogen-bond acceptors (Lipinski definition) is 4. The van der Waals surface area contributed by atoms with E-state index in [1.165, 1.54) is 12.8 Å². The molecule has 0 aromatic rings. The van der Waals surface area contributed by atoms with Crippen LogP contribution in [0.25, 0.3) is 0 Å². The number of hydrogen-bond donors (Lipinski definition) is 2. The van der Waals surface area contributed by atoms with E-state index in [4.69, 9.17) is 15.2 Å². The van der Waals surface area contributed by atoms with Crippen LogP contribution in [0, 0.1) is 5.41 Å². The highest BCUT2D eigenvalue weighted by Gasteiger charge is 2.62. The average Bonchev–Trinajstić information content (AvgIpc) is 2.96. The fraction of sp³-hybridized carbons (Fsp3) is 0.938. The summed E-state index contributed by atoms with van der Waals surface area (Å²) in [5.41, 5.74) is 5.15. The Morgan fingerprint density at radius 1 is 1.29 bits per heavy atom. The molecule has 0 aliphatic heterocycles. The summed E-state index contributed by atoms with van der Waals surface area (Å²) < 4.78 is 11.4. The van der Waals surface area contributed by atoms with Gasteiger partial charge in [-0.25, -0.2) is 0 Å². The lowest BCUT2D eigenvalue weighted by molar-refractivity contribution is -0.170. The van der Waals surface area contributed by atoms with Crippen LogP contribution in [-0.2, 0) is 14.3 Å². The fourth-order valence-corrected chi connectivity index (χ4v) is 3.42. The van der Waals surface area contributed by atoms with Crippen molar-refractivity contribution in [1.82, 2.24) is 5.32 Å². The first-order valence-electron chi connectivity index (χ1n) is 8.22. The molecule has 21 heavy (non-hydrogen) atoms. The minimum atomic E-state index is -0.833. The molecule has 3 N–H and O–H groups in total. The van der Waals surface area contributed by atoms with Crippen molar-refractivity contribution < 1.29 is 14.3 Å². The molecule has 122 valence electrons. The van der Waals surface area contributed by atoms with Gasteiger partial charge >= 0.3 is 0 Å². The number of nitrogens with one attached hydrogen (secondary N) is 1. The van der Waals surface area contributed by atoms with Crippen LogP contribution >= 0.6 is 0 Å². The molecule has 2 rings (SSSR count). The number of ether oxygens (including phenoxy) is 2. The van der Waals surface area contributed by atoms with Crippen LogP contribution in [0.5, 0.6) is 0 Å². The van der Waals surface area contributed by atoms with Crippen LogP contribution in [0.3, 0.4) is 0 Å². The maximum Gasteiger partial charge on any atom is 0.240 e. The molecule has 0 bridgehead atoms. The zero-order valence-electron chi connectivity index (χ0n) is 13.6. The maximum absolute atomic E-state index is 12.4. The zero-order chi connectivity index (χ0) is 15.5. The number of nitrogens with two attached hydrogens (primary N) is 1. The van der Waals surface area contributed by atoms with E-state index in [-0.39, 0.29) is 17.4 Å². The molecule has 0 saturated heterocycles. The summed E-state index contributed by atoms with van der Waals surface area (Å²) in [6, 6.07) is 0. The highest BCUT2D eigenvalue weighted by atomic mass is 16.5. The lowest BCUT2D eigenvalue weighted by atomic mass is 9.54. The van der Waals surface area contributed by atoms with Gasteiger partial charge in [0.1, 0.15) is 5.54 Å². The molecule has 2 unspecified atom stereocenters. The molecule has 0 heterocycles.